The van der Waals surface area contributed by atoms with Crippen LogP contribution < -0.4 is 10.1 Å². The molecule has 1 N–H and O–H groups in total. The number of hydrogen-bond donors (Lipinski definition) is 1. The Morgan fingerprint density at radius 3 is 2.81 bits per heavy atom. The molecule has 0 saturated carbocycles. The average molecular weight is 348 g/mol. The van der Waals surface area contributed by atoms with Crippen LogP contribution in [0.5, 0.6) is 5.75 Å². The second-order valence-electron chi connectivity index (χ2n) is 6.36. The second-order valence-corrected chi connectivity index (χ2v) is 6.36. The molecule has 1 unspecified atom stereocenters. The maximum atomic E-state index is 12.6. The van der Waals surface area contributed by atoms with Crippen molar-refractivity contribution in [2.75, 3.05) is 7.11 Å². The van der Waals surface area contributed by atoms with Crippen molar-refractivity contribution in [3.8, 4) is 11.4 Å². The van der Waals surface area contributed by atoms with Crippen LogP contribution in [0, 0.1) is 0 Å². The van der Waals surface area contributed by atoms with Crippen LogP contribution in [0.1, 0.15) is 40.5 Å². The summed E-state index contributed by atoms with van der Waals surface area (Å²) in [5.41, 5.74) is 3.64. The van der Waals surface area contributed by atoms with E-state index in [2.05, 4.69) is 27.8 Å². The van der Waals surface area contributed by atoms with Crippen LogP contribution in [0.2, 0.25) is 0 Å². The Morgan fingerprint density at radius 1 is 1.19 bits per heavy atom. The number of carbonyl (C=O) groups excluding carboxylic acids is 1. The fourth-order valence-corrected chi connectivity index (χ4v) is 3.37. The van der Waals surface area contributed by atoms with Crippen molar-refractivity contribution in [1.82, 2.24) is 20.3 Å². The molecule has 0 spiro atoms. The van der Waals surface area contributed by atoms with Gasteiger partial charge in [0.2, 0.25) is 0 Å². The van der Waals surface area contributed by atoms with Gasteiger partial charge >= 0.3 is 0 Å². The maximum absolute atomic E-state index is 12.6. The van der Waals surface area contributed by atoms with Crippen LogP contribution in [0.15, 0.2) is 54.7 Å². The number of aromatic nitrogens is 3. The lowest BCUT2D eigenvalue weighted by Gasteiger charge is -2.25. The largest absolute Gasteiger partial charge is 0.497 e. The zero-order chi connectivity index (χ0) is 17.9. The number of fused-ring (bicyclic) bond motifs is 1. The molecule has 0 radical (unpaired) electrons. The standard InChI is InChI=1S/C20H20N4O2/c1-26-16-11-9-15(10-12-16)24-13-19(22-23-24)20(25)21-18-8-4-6-14-5-2-3-7-17(14)18/h2-3,5,7,9-13,18H,4,6,8H2,1H3,(H,21,25). The predicted molar refractivity (Wildman–Crippen MR) is 97.5 cm³/mol. The number of methoxy groups -OCH3 is 1. The molecule has 1 amide bonds. The van der Waals surface area contributed by atoms with E-state index in [4.69, 9.17) is 4.74 Å². The predicted octanol–water partition coefficient (Wildman–Crippen LogP) is 3.08. The zero-order valence-corrected chi connectivity index (χ0v) is 14.6. The van der Waals surface area contributed by atoms with E-state index < -0.39 is 0 Å². The smallest absolute Gasteiger partial charge is 0.273 e. The molecule has 3 aromatic rings. The lowest BCUT2D eigenvalue weighted by molar-refractivity contribution is 0.0927. The van der Waals surface area contributed by atoms with Crippen LogP contribution >= 0.6 is 0 Å². The molecule has 0 saturated heterocycles. The van der Waals surface area contributed by atoms with E-state index in [1.54, 1.807) is 18.0 Å². The number of benzene rings is 2. The molecule has 1 aromatic heterocycles. The molecule has 1 atom stereocenters. The number of nitrogens with zero attached hydrogens (tertiary/aromatic N) is 3. The topological polar surface area (TPSA) is 69.0 Å². The molecule has 0 bridgehead atoms. The molecule has 26 heavy (non-hydrogen) atoms. The molecular formula is C20H20N4O2. The van der Waals surface area contributed by atoms with Crippen molar-refractivity contribution < 1.29 is 9.53 Å². The van der Waals surface area contributed by atoms with E-state index in [1.807, 2.05) is 36.4 Å². The summed E-state index contributed by atoms with van der Waals surface area (Å²) in [5, 5.41) is 11.2. The minimum Gasteiger partial charge on any atom is -0.497 e. The lowest BCUT2D eigenvalue weighted by atomic mass is 9.88. The number of aryl methyl sites for hydroxylation is 1. The lowest BCUT2D eigenvalue weighted by Crippen LogP contribution is -2.31. The van der Waals surface area contributed by atoms with E-state index in [0.717, 1.165) is 30.7 Å². The summed E-state index contributed by atoms with van der Waals surface area (Å²) in [7, 11) is 1.62. The van der Waals surface area contributed by atoms with Gasteiger partial charge in [-0.15, -0.1) is 5.10 Å². The quantitative estimate of drug-likeness (QED) is 0.787. The first-order valence-electron chi connectivity index (χ1n) is 8.70. The molecule has 1 aliphatic rings. The van der Waals surface area contributed by atoms with Crippen molar-refractivity contribution in [3.05, 3.63) is 71.5 Å². The van der Waals surface area contributed by atoms with Crippen LogP contribution in [-0.2, 0) is 6.42 Å². The van der Waals surface area contributed by atoms with Gasteiger partial charge in [-0.25, -0.2) is 4.68 Å². The first-order chi connectivity index (χ1) is 12.7. The summed E-state index contributed by atoms with van der Waals surface area (Å²) in [5.74, 6) is 0.564. The summed E-state index contributed by atoms with van der Waals surface area (Å²) < 4.78 is 6.74. The van der Waals surface area contributed by atoms with Gasteiger partial charge in [0.25, 0.3) is 5.91 Å². The molecule has 0 fully saturated rings. The molecule has 6 nitrogen and oxygen atoms in total. The van der Waals surface area contributed by atoms with Gasteiger partial charge in [0.15, 0.2) is 5.69 Å². The fraction of sp³-hybridized carbons (Fsp3) is 0.250. The Kier molecular flexibility index (Phi) is 4.39. The normalized spacial score (nSPS) is 16.0. The SMILES string of the molecule is COc1ccc(-n2cc(C(=O)NC3CCCc4ccccc43)nn2)cc1. The fourth-order valence-electron chi connectivity index (χ4n) is 3.37. The highest BCUT2D eigenvalue weighted by Crippen LogP contribution is 2.29. The van der Waals surface area contributed by atoms with Crippen LogP contribution in [-0.4, -0.2) is 28.0 Å². The van der Waals surface area contributed by atoms with Crippen molar-refractivity contribution in [2.24, 2.45) is 0 Å². The number of rotatable bonds is 4. The minimum atomic E-state index is -0.202. The zero-order valence-electron chi connectivity index (χ0n) is 14.6. The highest BCUT2D eigenvalue weighted by molar-refractivity contribution is 5.92. The highest BCUT2D eigenvalue weighted by Gasteiger charge is 2.23. The second kappa shape index (κ2) is 7.00. The van der Waals surface area contributed by atoms with Crippen LogP contribution in [0.3, 0.4) is 0 Å². The summed E-state index contributed by atoms with van der Waals surface area (Å²) in [6, 6.07) is 15.7. The third kappa shape index (κ3) is 3.18. The highest BCUT2D eigenvalue weighted by atomic mass is 16.5. The Balaban J connectivity index is 1.50. The van der Waals surface area contributed by atoms with Gasteiger partial charge in [-0.3, -0.25) is 4.79 Å². The molecule has 1 aliphatic carbocycles. The van der Waals surface area contributed by atoms with Gasteiger partial charge in [-0.1, -0.05) is 29.5 Å². The number of hydrogen-bond acceptors (Lipinski definition) is 4. The minimum absolute atomic E-state index is 0.0265. The van der Waals surface area contributed by atoms with Crippen molar-refractivity contribution in [2.45, 2.75) is 25.3 Å². The van der Waals surface area contributed by atoms with Crippen LogP contribution in [0.4, 0.5) is 0 Å². The number of carbonyl (C=O) groups is 1. The number of amides is 1. The first-order valence-corrected chi connectivity index (χ1v) is 8.70. The van der Waals surface area contributed by atoms with Gasteiger partial charge in [0.1, 0.15) is 5.75 Å². The number of nitrogens with one attached hydrogen (secondary N) is 1. The maximum Gasteiger partial charge on any atom is 0.273 e. The van der Waals surface area contributed by atoms with Crippen LogP contribution in [0.25, 0.3) is 5.69 Å². The Bertz CT molecular complexity index is 918. The van der Waals surface area contributed by atoms with Gasteiger partial charge in [0, 0.05) is 0 Å². The molecule has 2 aromatic carbocycles. The first kappa shape index (κ1) is 16.3. The van der Waals surface area contributed by atoms with E-state index in [1.165, 1.54) is 11.1 Å². The molecule has 6 heteroatoms. The van der Waals surface area contributed by atoms with Crippen molar-refractivity contribution in [1.29, 1.82) is 0 Å². The van der Waals surface area contributed by atoms with E-state index >= 15 is 0 Å². The average Bonchev–Trinajstić information content (AvgIpc) is 3.19. The monoisotopic (exact) mass is 348 g/mol. The van der Waals surface area contributed by atoms with Gasteiger partial charge in [0.05, 0.1) is 25.0 Å². The van der Waals surface area contributed by atoms with E-state index in [0.29, 0.717) is 5.69 Å². The summed E-state index contributed by atoms with van der Waals surface area (Å²) in [6.45, 7) is 0. The van der Waals surface area contributed by atoms with Gasteiger partial charge in [-0.2, -0.15) is 0 Å². The number of ether oxygens (including phenoxy) is 1. The van der Waals surface area contributed by atoms with Gasteiger partial charge < -0.3 is 10.1 Å². The molecule has 132 valence electrons. The molecule has 4 rings (SSSR count). The third-order valence-electron chi connectivity index (χ3n) is 4.74. The molecular weight excluding hydrogens is 328 g/mol. The Labute approximate surface area is 151 Å². The van der Waals surface area contributed by atoms with Crippen molar-refractivity contribution >= 4 is 5.91 Å². The Morgan fingerprint density at radius 2 is 2.00 bits per heavy atom. The van der Waals surface area contributed by atoms with E-state index in [9.17, 15) is 4.79 Å². The summed E-state index contributed by atoms with van der Waals surface area (Å²) >= 11 is 0. The molecule has 1 heterocycles. The molecule has 0 aliphatic heterocycles. The third-order valence-corrected chi connectivity index (χ3v) is 4.74. The van der Waals surface area contributed by atoms with Crippen molar-refractivity contribution in [3.63, 3.8) is 0 Å². The Hall–Kier alpha value is -3.15. The summed E-state index contributed by atoms with van der Waals surface area (Å²) in [6.07, 6.45) is 4.72. The van der Waals surface area contributed by atoms with E-state index in [-0.39, 0.29) is 11.9 Å². The summed E-state index contributed by atoms with van der Waals surface area (Å²) in [4.78, 5) is 12.6. The van der Waals surface area contributed by atoms with Gasteiger partial charge in [-0.05, 0) is 54.7 Å².